The number of hydrogen-bond donors (Lipinski definition) is 2. The number of nitrogens with one attached hydrogen (secondary N) is 1. The second-order valence-corrected chi connectivity index (χ2v) is 6.85. The lowest BCUT2D eigenvalue weighted by Crippen LogP contribution is -2.67. The normalized spacial score (nSPS) is 22.0. The van der Waals surface area contributed by atoms with Gasteiger partial charge in [-0.05, 0) is 0 Å². The van der Waals surface area contributed by atoms with E-state index in [1.807, 2.05) is 0 Å². The maximum atomic E-state index is 13.6. The second kappa shape index (κ2) is 6.15. The zero-order valence-electron chi connectivity index (χ0n) is 11.6. The van der Waals surface area contributed by atoms with Crippen LogP contribution < -0.4 is 5.32 Å². The molecule has 0 aromatic carbocycles. The summed E-state index contributed by atoms with van der Waals surface area (Å²) in [5.74, 6) is -16.5. The van der Waals surface area contributed by atoms with Crippen LogP contribution in [-0.2, 0) is 14.8 Å². The lowest BCUT2D eigenvalue weighted by Gasteiger charge is -2.37. The van der Waals surface area contributed by atoms with E-state index in [4.69, 9.17) is 5.11 Å². The van der Waals surface area contributed by atoms with Gasteiger partial charge < -0.3 is 10.4 Å². The number of carbonyl (C=O) groups is 1. The predicted octanol–water partition coefficient (Wildman–Crippen LogP) is 1.10. The van der Waals surface area contributed by atoms with Crippen molar-refractivity contribution in [3.05, 3.63) is 0 Å². The van der Waals surface area contributed by atoms with Gasteiger partial charge in [0.05, 0.1) is 0 Å². The molecule has 0 spiro atoms. The molecule has 1 saturated heterocycles. The first-order valence-corrected chi connectivity index (χ1v) is 7.51. The number of carboxylic acids is 1. The number of nitrogens with zero attached hydrogens (tertiary/aromatic N) is 1. The Morgan fingerprint density at radius 1 is 1.00 bits per heavy atom. The third-order valence-corrected chi connectivity index (χ3v) is 5.13. The smallest absolute Gasteiger partial charge is 0.460 e. The molecule has 0 radical (unpaired) electrons. The van der Waals surface area contributed by atoms with Gasteiger partial charge in [0.25, 0.3) is 10.0 Å². The SMILES string of the molecule is O=C(O)C1CN(S(=O)(=O)C(F)(F)C(F)(F)C(F)(F)C(F)(F)F)CCN1. The minimum absolute atomic E-state index is 0.581. The van der Waals surface area contributed by atoms with E-state index >= 15 is 0 Å². The van der Waals surface area contributed by atoms with Crippen molar-refractivity contribution in [2.75, 3.05) is 19.6 Å². The highest BCUT2D eigenvalue weighted by molar-refractivity contribution is 7.90. The van der Waals surface area contributed by atoms with E-state index in [9.17, 15) is 52.7 Å². The van der Waals surface area contributed by atoms with Crippen molar-refractivity contribution in [3.8, 4) is 0 Å². The van der Waals surface area contributed by atoms with Gasteiger partial charge in [0.15, 0.2) is 0 Å². The van der Waals surface area contributed by atoms with Crippen molar-refractivity contribution in [1.29, 1.82) is 0 Å². The summed E-state index contributed by atoms with van der Waals surface area (Å²) in [6.45, 7) is -3.07. The Bertz CT molecular complexity index is 633. The topological polar surface area (TPSA) is 86.7 Å². The van der Waals surface area contributed by atoms with Crippen molar-refractivity contribution < 1.29 is 57.8 Å². The van der Waals surface area contributed by atoms with Crippen LogP contribution >= 0.6 is 0 Å². The highest BCUT2D eigenvalue weighted by atomic mass is 32.2. The molecule has 1 aliphatic rings. The van der Waals surface area contributed by atoms with Crippen LogP contribution in [0.4, 0.5) is 39.5 Å². The van der Waals surface area contributed by atoms with Gasteiger partial charge in [-0.3, -0.25) is 4.79 Å². The Morgan fingerprint density at radius 3 is 1.88 bits per heavy atom. The quantitative estimate of drug-likeness (QED) is 0.661. The average Bonchev–Trinajstić information content (AvgIpc) is 2.45. The summed E-state index contributed by atoms with van der Waals surface area (Å²) in [6, 6.07) is -1.85. The molecule has 0 aliphatic carbocycles. The van der Waals surface area contributed by atoms with E-state index < -0.39 is 69.2 Å². The largest absolute Gasteiger partial charge is 0.480 e. The van der Waals surface area contributed by atoms with Gasteiger partial charge in [0.2, 0.25) is 0 Å². The van der Waals surface area contributed by atoms with Crippen LogP contribution in [0.1, 0.15) is 0 Å². The van der Waals surface area contributed by atoms with Crippen LogP contribution in [0.15, 0.2) is 0 Å². The fourth-order valence-electron chi connectivity index (χ4n) is 1.79. The van der Waals surface area contributed by atoms with Crippen LogP contribution in [0.5, 0.6) is 0 Å². The number of alkyl halides is 9. The number of aliphatic carboxylic acids is 1. The van der Waals surface area contributed by atoms with E-state index in [0.29, 0.717) is 0 Å². The molecule has 1 heterocycles. The first-order valence-electron chi connectivity index (χ1n) is 6.07. The maximum Gasteiger partial charge on any atom is 0.460 e. The monoisotopic (exact) mass is 412 g/mol. The predicted molar refractivity (Wildman–Crippen MR) is 60.8 cm³/mol. The third kappa shape index (κ3) is 3.25. The summed E-state index contributed by atoms with van der Waals surface area (Å²) in [7, 11) is -6.76. The highest BCUT2D eigenvalue weighted by Gasteiger charge is 2.85. The van der Waals surface area contributed by atoms with Gasteiger partial charge in [-0.2, -0.15) is 43.8 Å². The third-order valence-electron chi connectivity index (χ3n) is 3.22. The number of piperazine rings is 1. The first-order chi connectivity index (χ1) is 10.9. The minimum atomic E-state index is -7.36. The molecule has 1 fully saturated rings. The van der Waals surface area contributed by atoms with Crippen LogP contribution in [0.2, 0.25) is 0 Å². The van der Waals surface area contributed by atoms with Crippen molar-refractivity contribution in [2.24, 2.45) is 0 Å². The van der Waals surface area contributed by atoms with Gasteiger partial charge in [-0.1, -0.05) is 0 Å². The number of halogens is 9. The molecule has 0 bridgehead atoms. The van der Waals surface area contributed by atoms with Crippen LogP contribution in [0, 0.1) is 0 Å². The lowest BCUT2D eigenvalue weighted by molar-refractivity contribution is -0.382. The molecule has 6 nitrogen and oxygen atoms in total. The molecule has 0 aromatic heterocycles. The molecule has 148 valence electrons. The molecule has 16 heteroatoms. The summed E-state index contributed by atoms with van der Waals surface area (Å²) < 4.78 is 138. The second-order valence-electron chi connectivity index (χ2n) is 4.87. The molecule has 2 N–H and O–H groups in total. The summed E-state index contributed by atoms with van der Waals surface area (Å²) >= 11 is 0. The molecule has 0 aromatic rings. The Hall–Kier alpha value is -1.29. The lowest BCUT2D eigenvalue weighted by atomic mass is 10.1. The van der Waals surface area contributed by atoms with Gasteiger partial charge in [-0.25, -0.2) is 8.42 Å². The van der Waals surface area contributed by atoms with Crippen LogP contribution in [0.25, 0.3) is 0 Å². The fraction of sp³-hybridized carbons (Fsp3) is 0.889. The van der Waals surface area contributed by atoms with E-state index in [0.717, 1.165) is 0 Å². The van der Waals surface area contributed by atoms with E-state index in [2.05, 4.69) is 5.32 Å². The molecular formula is C9H9F9N2O4S. The van der Waals surface area contributed by atoms with Crippen molar-refractivity contribution in [1.82, 2.24) is 9.62 Å². The van der Waals surface area contributed by atoms with Gasteiger partial charge in [0.1, 0.15) is 6.04 Å². The van der Waals surface area contributed by atoms with E-state index in [-0.39, 0.29) is 0 Å². The highest BCUT2D eigenvalue weighted by Crippen LogP contribution is 2.55. The Balaban J connectivity index is 3.33. The van der Waals surface area contributed by atoms with Crippen LogP contribution in [0.3, 0.4) is 0 Å². The number of sulfonamides is 1. The average molecular weight is 412 g/mol. The maximum absolute atomic E-state index is 13.6. The molecule has 1 atom stereocenters. The Morgan fingerprint density at radius 2 is 1.48 bits per heavy atom. The number of hydrogen-bond acceptors (Lipinski definition) is 4. The molecule has 1 rings (SSSR count). The van der Waals surface area contributed by atoms with Gasteiger partial charge in [0, 0.05) is 19.6 Å². The molecule has 0 amide bonds. The van der Waals surface area contributed by atoms with Crippen molar-refractivity contribution in [3.63, 3.8) is 0 Å². The zero-order valence-corrected chi connectivity index (χ0v) is 12.4. The van der Waals surface area contributed by atoms with Crippen molar-refractivity contribution in [2.45, 2.75) is 29.3 Å². The molecule has 0 saturated carbocycles. The minimum Gasteiger partial charge on any atom is -0.480 e. The first kappa shape index (κ1) is 21.8. The van der Waals surface area contributed by atoms with Gasteiger partial charge in [-0.15, -0.1) is 0 Å². The fourth-order valence-corrected chi connectivity index (χ4v) is 3.24. The summed E-state index contributed by atoms with van der Waals surface area (Å²) in [5, 5.41) is 3.87. The van der Waals surface area contributed by atoms with Crippen molar-refractivity contribution >= 4 is 16.0 Å². The molecule has 25 heavy (non-hydrogen) atoms. The molecular weight excluding hydrogens is 403 g/mol. The Labute approximate surface area is 133 Å². The van der Waals surface area contributed by atoms with Gasteiger partial charge >= 0.3 is 29.2 Å². The van der Waals surface area contributed by atoms with E-state index in [1.165, 1.54) is 0 Å². The van der Waals surface area contributed by atoms with E-state index in [1.54, 1.807) is 0 Å². The Kier molecular flexibility index (Phi) is 5.35. The molecule has 1 unspecified atom stereocenters. The zero-order chi connectivity index (χ0) is 20.1. The summed E-state index contributed by atoms with van der Waals surface area (Å²) in [5.41, 5.74) is 0. The van der Waals surface area contributed by atoms with Crippen LogP contribution in [-0.4, -0.2) is 72.8 Å². The summed E-state index contributed by atoms with van der Waals surface area (Å²) in [4.78, 5) is 10.7. The molecule has 1 aliphatic heterocycles. The standard InChI is InChI=1S/C9H9F9N2O4S/c10-6(11,8(14,15)16)7(12,13)9(17,18)25(23,24)20-2-1-19-4(3-20)5(21)22/h4,19H,1-3H2,(H,21,22). The number of rotatable bonds is 5. The number of carboxylic acid groups (broad SMARTS) is 1. The summed E-state index contributed by atoms with van der Waals surface area (Å²) in [6.07, 6.45) is -7.16.